The summed E-state index contributed by atoms with van der Waals surface area (Å²) in [7, 11) is 0. The zero-order chi connectivity index (χ0) is 13.1. The van der Waals surface area contributed by atoms with Crippen LogP contribution in [0, 0.1) is 5.92 Å². The van der Waals surface area contributed by atoms with Gasteiger partial charge in [0, 0.05) is 6.04 Å². The Morgan fingerprint density at radius 3 is 2.26 bits per heavy atom. The summed E-state index contributed by atoms with van der Waals surface area (Å²) < 4.78 is 0. The summed E-state index contributed by atoms with van der Waals surface area (Å²) in [4.78, 5) is 0. The third-order valence-corrected chi connectivity index (χ3v) is 4.10. The second kappa shape index (κ2) is 5.55. The molecule has 0 radical (unpaired) electrons. The molecule has 3 N–H and O–H groups in total. The van der Waals surface area contributed by atoms with Gasteiger partial charge in [-0.05, 0) is 35.8 Å². The Morgan fingerprint density at radius 1 is 1.00 bits per heavy atom. The molecule has 1 fully saturated rings. The van der Waals surface area contributed by atoms with E-state index in [1.165, 1.54) is 17.5 Å². The second-order valence-corrected chi connectivity index (χ2v) is 5.38. The number of hydrogen-bond acceptors (Lipinski definition) is 2. The second-order valence-electron chi connectivity index (χ2n) is 5.38. The third kappa shape index (κ3) is 2.86. The molecule has 1 aliphatic rings. The summed E-state index contributed by atoms with van der Waals surface area (Å²) >= 11 is 0. The Labute approximate surface area is 114 Å². The minimum atomic E-state index is 0.368. The zero-order valence-electron chi connectivity index (χ0n) is 11.0. The Morgan fingerprint density at radius 2 is 1.63 bits per heavy atom. The molecule has 3 rings (SSSR count). The van der Waals surface area contributed by atoms with Gasteiger partial charge in [-0.3, -0.25) is 11.3 Å². The summed E-state index contributed by atoms with van der Waals surface area (Å²) in [5, 5.41) is 0. The van der Waals surface area contributed by atoms with Gasteiger partial charge in [-0.1, -0.05) is 60.7 Å². The van der Waals surface area contributed by atoms with Gasteiger partial charge in [-0.15, -0.1) is 0 Å². The summed E-state index contributed by atoms with van der Waals surface area (Å²) in [6.07, 6.45) is 2.25. The average Bonchev–Trinajstić information content (AvgIpc) is 3.27. The minimum Gasteiger partial charge on any atom is -0.271 e. The molecule has 1 saturated carbocycles. The molecule has 3 atom stereocenters. The molecule has 2 aromatic carbocycles. The van der Waals surface area contributed by atoms with Crippen molar-refractivity contribution in [2.45, 2.75) is 24.8 Å². The molecule has 2 aromatic rings. The molecule has 0 spiro atoms. The molecule has 98 valence electrons. The van der Waals surface area contributed by atoms with E-state index in [0.29, 0.717) is 17.9 Å². The number of nitrogens with two attached hydrogens (primary N) is 1. The first kappa shape index (κ1) is 12.4. The van der Waals surface area contributed by atoms with Crippen molar-refractivity contribution in [2.24, 2.45) is 11.8 Å². The van der Waals surface area contributed by atoms with Crippen LogP contribution in [0.4, 0.5) is 0 Å². The van der Waals surface area contributed by atoms with Crippen LogP contribution in [0.1, 0.15) is 23.5 Å². The van der Waals surface area contributed by atoms with Gasteiger partial charge < -0.3 is 0 Å². The Balaban J connectivity index is 1.65. The number of rotatable bonds is 5. The number of hydrogen-bond donors (Lipinski definition) is 2. The molecule has 2 nitrogen and oxygen atoms in total. The molecular weight excluding hydrogens is 232 g/mol. The first-order valence-electron chi connectivity index (χ1n) is 6.93. The fourth-order valence-corrected chi connectivity index (χ4v) is 2.94. The standard InChI is InChI=1S/C17H20N2/c18-19-17(11-13-7-3-1-4-8-13)16-12-15(16)14-9-5-2-6-10-14/h1-10,15-17,19H,11-12,18H2. The zero-order valence-corrected chi connectivity index (χ0v) is 11.0. The van der Waals surface area contributed by atoms with E-state index in [2.05, 4.69) is 66.1 Å². The highest BCUT2D eigenvalue weighted by Gasteiger charge is 2.43. The van der Waals surface area contributed by atoms with Gasteiger partial charge in [0.1, 0.15) is 0 Å². The molecular formula is C17H20N2. The highest BCUT2D eigenvalue weighted by atomic mass is 15.2. The first-order chi connectivity index (χ1) is 9.38. The van der Waals surface area contributed by atoms with Crippen molar-refractivity contribution in [3.63, 3.8) is 0 Å². The fourth-order valence-electron chi connectivity index (χ4n) is 2.94. The van der Waals surface area contributed by atoms with Crippen LogP contribution in [0.15, 0.2) is 60.7 Å². The maximum absolute atomic E-state index is 5.75. The van der Waals surface area contributed by atoms with Crippen LogP contribution in [0.3, 0.4) is 0 Å². The van der Waals surface area contributed by atoms with Gasteiger partial charge in [0.25, 0.3) is 0 Å². The van der Waals surface area contributed by atoms with Gasteiger partial charge in [0.2, 0.25) is 0 Å². The lowest BCUT2D eigenvalue weighted by atomic mass is 9.99. The van der Waals surface area contributed by atoms with Crippen LogP contribution in [0.25, 0.3) is 0 Å². The maximum atomic E-state index is 5.75. The number of hydrazine groups is 1. The predicted octanol–water partition coefficient (Wildman–Crippen LogP) is 2.86. The number of benzene rings is 2. The van der Waals surface area contributed by atoms with E-state index in [9.17, 15) is 0 Å². The first-order valence-corrected chi connectivity index (χ1v) is 6.93. The molecule has 1 aliphatic carbocycles. The summed E-state index contributed by atoms with van der Waals surface area (Å²) in [6, 6.07) is 21.7. The van der Waals surface area contributed by atoms with E-state index in [1.54, 1.807) is 0 Å². The Hall–Kier alpha value is -1.64. The fraction of sp³-hybridized carbons (Fsp3) is 0.294. The van der Waals surface area contributed by atoms with Crippen molar-refractivity contribution >= 4 is 0 Å². The molecule has 0 bridgehead atoms. The molecule has 3 unspecified atom stereocenters. The van der Waals surface area contributed by atoms with Crippen molar-refractivity contribution < 1.29 is 0 Å². The lowest BCUT2D eigenvalue weighted by molar-refractivity contribution is 0.464. The van der Waals surface area contributed by atoms with E-state index >= 15 is 0 Å². The molecule has 19 heavy (non-hydrogen) atoms. The van der Waals surface area contributed by atoms with Gasteiger partial charge in [-0.25, -0.2) is 0 Å². The lowest BCUT2D eigenvalue weighted by Crippen LogP contribution is -2.38. The molecule has 0 saturated heterocycles. The summed E-state index contributed by atoms with van der Waals surface area (Å²) in [5.74, 6) is 7.08. The topological polar surface area (TPSA) is 38.0 Å². The summed E-state index contributed by atoms with van der Waals surface area (Å²) in [5.41, 5.74) is 5.81. The van der Waals surface area contributed by atoms with Gasteiger partial charge in [0.05, 0.1) is 0 Å². The van der Waals surface area contributed by atoms with Crippen molar-refractivity contribution in [3.8, 4) is 0 Å². The number of nitrogens with one attached hydrogen (secondary N) is 1. The van der Waals surface area contributed by atoms with Crippen LogP contribution >= 0.6 is 0 Å². The van der Waals surface area contributed by atoms with E-state index in [-0.39, 0.29) is 0 Å². The van der Waals surface area contributed by atoms with Gasteiger partial charge in [-0.2, -0.15) is 0 Å². The van der Waals surface area contributed by atoms with E-state index in [1.807, 2.05) is 0 Å². The highest BCUT2D eigenvalue weighted by molar-refractivity contribution is 5.27. The van der Waals surface area contributed by atoms with Crippen LogP contribution < -0.4 is 11.3 Å². The van der Waals surface area contributed by atoms with Gasteiger partial charge in [0.15, 0.2) is 0 Å². The largest absolute Gasteiger partial charge is 0.271 e. The third-order valence-electron chi connectivity index (χ3n) is 4.10. The lowest BCUT2D eigenvalue weighted by Gasteiger charge is -2.16. The molecule has 0 aromatic heterocycles. The van der Waals surface area contributed by atoms with E-state index in [4.69, 9.17) is 5.84 Å². The molecule has 0 aliphatic heterocycles. The monoisotopic (exact) mass is 252 g/mol. The Kier molecular flexibility index (Phi) is 3.62. The Bertz CT molecular complexity index is 509. The van der Waals surface area contributed by atoms with E-state index < -0.39 is 0 Å². The van der Waals surface area contributed by atoms with Crippen molar-refractivity contribution in [3.05, 3.63) is 71.8 Å². The average molecular weight is 252 g/mol. The quantitative estimate of drug-likeness (QED) is 0.634. The smallest absolute Gasteiger partial charge is 0.0285 e. The molecule has 2 heteroatoms. The molecule has 0 heterocycles. The molecule has 0 amide bonds. The maximum Gasteiger partial charge on any atom is 0.0285 e. The minimum absolute atomic E-state index is 0.368. The normalized spacial score (nSPS) is 23.0. The van der Waals surface area contributed by atoms with Crippen molar-refractivity contribution in [1.82, 2.24) is 5.43 Å². The van der Waals surface area contributed by atoms with E-state index in [0.717, 1.165) is 6.42 Å². The van der Waals surface area contributed by atoms with Crippen LogP contribution in [0.2, 0.25) is 0 Å². The predicted molar refractivity (Wildman–Crippen MR) is 78.5 cm³/mol. The van der Waals surface area contributed by atoms with Crippen LogP contribution in [-0.4, -0.2) is 6.04 Å². The van der Waals surface area contributed by atoms with Gasteiger partial charge >= 0.3 is 0 Å². The highest BCUT2D eigenvalue weighted by Crippen LogP contribution is 2.49. The van der Waals surface area contributed by atoms with Crippen molar-refractivity contribution in [1.29, 1.82) is 0 Å². The SMILES string of the molecule is NNC(Cc1ccccc1)C1CC1c1ccccc1. The van der Waals surface area contributed by atoms with Crippen molar-refractivity contribution in [2.75, 3.05) is 0 Å². The van der Waals surface area contributed by atoms with Crippen LogP contribution in [0.5, 0.6) is 0 Å². The van der Waals surface area contributed by atoms with Crippen LogP contribution in [-0.2, 0) is 6.42 Å². The summed E-state index contributed by atoms with van der Waals surface area (Å²) in [6.45, 7) is 0.